The van der Waals surface area contributed by atoms with Crippen LogP contribution in [-0.2, 0) is 0 Å². The third-order valence-corrected chi connectivity index (χ3v) is 3.13. The van der Waals surface area contributed by atoms with E-state index >= 15 is 0 Å². The van der Waals surface area contributed by atoms with Crippen molar-refractivity contribution in [2.45, 2.75) is 13.8 Å². The normalized spacial score (nSPS) is 10.3. The van der Waals surface area contributed by atoms with Crippen molar-refractivity contribution in [3.8, 4) is 0 Å². The highest BCUT2D eigenvalue weighted by molar-refractivity contribution is 7.80. The Balaban J connectivity index is 2.37. The summed E-state index contributed by atoms with van der Waals surface area (Å²) in [5, 5.41) is 8.17. The van der Waals surface area contributed by atoms with Crippen LogP contribution < -0.4 is 10.6 Å². The summed E-state index contributed by atoms with van der Waals surface area (Å²) in [5.74, 6) is 0.545. The molecule has 0 aliphatic heterocycles. The lowest BCUT2D eigenvalue weighted by molar-refractivity contribution is 0.871. The summed E-state index contributed by atoms with van der Waals surface area (Å²) in [4.78, 5) is 6.63. The maximum absolute atomic E-state index is 5.63. The van der Waals surface area contributed by atoms with E-state index in [1.54, 1.807) is 0 Å². The van der Waals surface area contributed by atoms with E-state index in [1.807, 2.05) is 50.1 Å². The fourth-order valence-corrected chi connectivity index (χ4v) is 1.70. The molecule has 1 heterocycles. The third-order valence-electron chi connectivity index (χ3n) is 2.90. The van der Waals surface area contributed by atoms with Crippen LogP contribution in [0, 0.1) is 13.8 Å². The van der Waals surface area contributed by atoms with Gasteiger partial charge in [0.15, 0.2) is 0 Å². The van der Waals surface area contributed by atoms with Gasteiger partial charge < -0.3 is 10.6 Å². The van der Waals surface area contributed by atoms with Crippen molar-refractivity contribution in [2.24, 2.45) is 5.73 Å². The molecule has 1 aromatic carbocycles. The number of nitrogens with zero attached hydrogens (tertiary/aromatic N) is 4. The van der Waals surface area contributed by atoms with Gasteiger partial charge in [-0.3, -0.25) is 0 Å². The number of aryl methyl sites for hydroxylation is 2. The first-order chi connectivity index (χ1) is 8.99. The maximum Gasteiger partial charge on any atom is 0.249 e. The molecule has 0 aliphatic rings. The second-order valence-electron chi connectivity index (χ2n) is 4.26. The average Bonchev–Trinajstić information content (AvgIpc) is 2.41. The Bertz CT molecular complexity index is 626. The number of nitrogens with two attached hydrogens (primary N) is 1. The molecule has 98 valence electrons. The molecule has 0 spiro atoms. The summed E-state index contributed by atoms with van der Waals surface area (Å²) in [5.41, 5.74) is 9.05. The molecular weight excluding hydrogens is 258 g/mol. The van der Waals surface area contributed by atoms with E-state index < -0.39 is 0 Å². The second kappa shape index (κ2) is 5.27. The molecule has 0 fully saturated rings. The molecule has 2 aromatic rings. The van der Waals surface area contributed by atoms with Crippen LogP contribution in [0.5, 0.6) is 0 Å². The predicted octanol–water partition coefficient (Wildman–Crippen LogP) is 1.89. The lowest BCUT2D eigenvalue weighted by Crippen LogP contribution is -2.16. The van der Waals surface area contributed by atoms with E-state index in [-0.39, 0.29) is 0 Å². The van der Waals surface area contributed by atoms with Crippen molar-refractivity contribution in [3.63, 3.8) is 0 Å². The number of anilines is 2. The van der Waals surface area contributed by atoms with Gasteiger partial charge in [0, 0.05) is 18.3 Å². The van der Waals surface area contributed by atoms with Crippen LogP contribution in [0.4, 0.5) is 11.6 Å². The first kappa shape index (κ1) is 13.4. The minimum absolute atomic E-state index is 0.370. The van der Waals surface area contributed by atoms with Crippen LogP contribution >= 0.6 is 12.2 Å². The van der Waals surface area contributed by atoms with E-state index in [0.717, 1.165) is 22.6 Å². The average molecular weight is 273 g/mol. The maximum atomic E-state index is 5.63. The minimum atomic E-state index is 0.370. The highest BCUT2D eigenvalue weighted by Crippen LogP contribution is 2.21. The zero-order valence-corrected chi connectivity index (χ0v) is 11.9. The molecule has 0 saturated heterocycles. The molecule has 0 bridgehead atoms. The van der Waals surface area contributed by atoms with Crippen LogP contribution in [0.1, 0.15) is 17.0 Å². The Morgan fingerprint density at radius 2 is 1.95 bits per heavy atom. The van der Waals surface area contributed by atoms with E-state index in [4.69, 9.17) is 18.0 Å². The van der Waals surface area contributed by atoms with E-state index in [1.165, 1.54) is 0 Å². The van der Waals surface area contributed by atoms with Gasteiger partial charge in [-0.1, -0.05) is 24.4 Å². The highest BCUT2D eigenvalue weighted by Gasteiger charge is 2.10. The highest BCUT2D eigenvalue weighted by atomic mass is 32.1. The topological polar surface area (TPSA) is 67.9 Å². The zero-order valence-electron chi connectivity index (χ0n) is 11.1. The van der Waals surface area contributed by atoms with Crippen molar-refractivity contribution in [1.82, 2.24) is 15.2 Å². The molecule has 0 aliphatic carbocycles. The van der Waals surface area contributed by atoms with Crippen LogP contribution in [0.25, 0.3) is 0 Å². The fraction of sp³-hybridized carbons (Fsp3) is 0.231. The molecule has 0 radical (unpaired) electrons. The van der Waals surface area contributed by atoms with Crippen molar-refractivity contribution < 1.29 is 0 Å². The standard InChI is InChI=1S/C13H15N5S/c1-8-9(2)16-17-13(15-8)18(3)11-6-4-5-10(7-11)12(14)19/h4-7H,1-3H3,(H2,14,19). The number of hydrogen-bond acceptors (Lipinski definition) is 5. The summed E-state index contributed by atoms with van der Waals surface area (Å²) in [6.07, 6.45) is 0. The number of aromatic nitrogens is 3. The molecule has 0 amide bonds. The smallest absolute Gasteiger partial charge is 0.249 e. The van der Waals surface area contributed by atoms with Gasteiger partial charge >= 0.3 is 0 Å². The largest absolute Gasteiger partial charge is 0.389 e. The number of hydrogen-bond donors (Lipinski definition) is 1. The predicted molar refractivity (Wildman–Crippen MR) is 79.7 cm³/mol. The van der Waals surface area contributed by atoms with Gasteiger partial charge in [-0.05, 0) is 26.0 Å². The molecule has 2 rings (SSSR count). The van der Waals surface area contributed by atoms with Crippen molar-refractivity contribution >= 4 is 28.8 Å². The van der Waals surface area contributed by atoms with E-state index in [9.17, 15) is 0 Å². The van der Waals surface area contributed by atoms with Gasteiger partial charge in [0.2, 0.25) is 5.95 Å². The number of benzene rings is 1. The molecule has 1 aromatic heterocycles. The first-order valence-corrected chi connectivity index (χ1v) is 6.21. The second-order valence-corrected chi connectivity index (χ2v) is 4.70. The Morgan fingerprint density at radius 1 is 1.21 bits per heavy atom. The van der Waals surface area contributed by atoms with Gasteiger partial charge in [0.25, 0.3) is 0 Å². The Labute approximate surface area is 117 Å². The minimum Gasteiger partial charge on any atom is -0.389 e. The summed E-state index contributed by atoms with van der Waals surface area (Å²) < 4.78 is 0. The molecule has 0 atom stereocenters. The summed E-state index contributed by atoms with van der Waals surface area (Å²) in [6, 6.07) is 7.62. The summed E-state index contributed by atoms with van der Waals surface area (Å²) in [6.45, 7) is 3.79. The molecule has 5 nitrogen and oxygen atoms in total. The van der Waals surface area contributed by atoms with Gasteiger partial charge in [0.05, 0.1) is 11.4 Å². The number of rotatable bonds is 3. The molecule has 0 saturated carbocycles. The quantitative estimate of drug-likeness (QED) is 0.861. The fourth-order valence-electron chi connectivity index (χ4n) is 1.57. The van der Waals surface area contributed by atoms with Gasteiger partial charge in [-0.2, -0.15) is 5.10 Å². The molecule has 2 N–H and O–H groups in total. The van der Waals surface area contributed by atoms with Crippen LogP contribution in [0.15, 0.2) is 24.3 Å². The molecular formula is C13H15N5S. The van der Waals surface area contributed by atoms with E-state index in [2.05, 4.69) is 15.2 Å². The van der Waals surface area contributed by atoms with Crippen molar-refractivity contribution in [1.29, 1.82) is 0 Å². The first-order valence-electron chi connectivity index (χ1n) is 5.80. The van der Waals surface area contributed by atoms with Crippen LogP contribution in [0.2, 0.25) is 0 Å². The Hall–Kier alpha value is -2.08. The zero-order chi connectivity index (χ0) is 14.0. The third kappa shape index (κ3) is 2.85. The number of thiocarbonyl (C=S) groups is 1. The van der Waals surface area contributed by atoms with Crippen molar-refractivity contribution in [3.05, 3.63) is 41.2 Å². The molecule has 19 heavy (non-hydrogen) atoms. The van der Waals surface area contributed by atoms with Crippen molar-refractivity contribution in [2.75, 3.05) is 11.9 Å². The lowest BCUT2D eigenvalue weighted by Gasteiger charge is -2.17. The Kier molecular flexibility index (Phi) is 3.71. The van der Waals surface area contributed by atoms with Gasteiger partial charge in [0.1, 0.15) is 4.99 Å². The monoisotopic (exact) mass is 273 g/mol. The van der Waals surface area contributed by atoms with E-state index in [0.29, 0.717) is 10.9 Å². The molecule has 0 unspecified atom stereocenters. The van der Waals surface area contributed by atoms with Gasteiger partial charge in [-0.15, -0.1) is 5.10 Å². The SMILES string of the molecule is Cc1nnc(N(C)c2cccc(C(N)=S)c2)nc1C. The van der Waals surface area contributed by atoms with Gasteiger partial charge in [-0.25, -0.2) is 4.98 Å². The van der Waals surface area contributed by atoms with Crippen LogP contribution in [-0.4, -0.2) is 27.2 Å². The molecule has 6 heteroatoms. The lowest BCUT2D eigenvalue weighted by atomic mass is 10.2. The summed E-state index contributed by atoms with van der Waals surface area (Å²) >= 11 is 4.98. The summed E-state index contributed by atoms with van der Waals surface area (Å²) in [7, 11) is 1.88. The van der Waals surface area contributed by atoms with Crippen LogP contribution in [0.3, 0.4) is 0 Å². The Morgan fingerprint density at radius 3 is 2.58 bits per heavy atom.